The molecule has 0 bridgehead atoms. The number of carboxylic acids is 1. The molecule has 0 saturated carbocycles. The molecule has 0 aliphatic carbocycles. The zero-order chi connectivity index (χ0) is 18.4. The fraction of sp³-hybridized carbons (Fsp3) is 0.786. The van der Waals surface area contributed by atoms with Crippen molar-refractivity contribution in [3.63, 3.8) is 0 Å². The lowest BCUT2D eigenvalue weighted by atomic mass is 9.95. The molecule has 2 N–H and O–H groups in total. The van der Waals surface area contributed by atoms with Crippen molar-refractivity contribution in [2.45, 2.75) is 68.3 Å². The summed E-state index contributed by atoms with van der Waals surface area (Å²) in [4.78, 5) is 47.3. The van der Waals surface area contributed by atoms with E-state index in [2.05, 4.69) is 5.32 Å². The summed E-state index contributed by atoms with van der Waals surface area (Å²) < 4.78 is -0.654. The molecule has 2 aliphatic rings. The number of carbonyl (C=O) groups excluding carboxylic acids is 2. The number of fused-ring (bicyclic) bond motifs is 1. The highest BCUT2D eigenvalue weighted by Crippen LogP contribution is 2.50. The van der Waals surface area contributed by atoms with Gasteiger partial charge in [-0.3, -0.25) is 19.7 Å². The largest absolute Gasteiger partial charge is 0.480 e. The van der Waals surface area contributed by atoms with Gasteiger partial charge in [-0.2, -0.15) is 0 Å². The van der Waals surface area contributed by atoms with Gasteiger partial charge in [-0.25, -0.2) is 4.79 Å². The highest BCUT2D eigenvalue weighted by Gasteiger charge is 2.64. The van der Waals surface area contributed by atoms with Crippen LogP contribution in [-0.2, 0) is 14.4 Å². The molecule has 0 aromatic rings. The zero-order valence-corrected chi connectivity index (χ0v) is 14.8. The third kappa shape index (κ3) is 3.06. The second-order valence-electron chi connectivity index (χ2n) is 7.21. The Balaban J connectivity index is 1.97. The molecule has 2 amide bonds. The summed E-state index contributed by atoms with van der Waals surface area (Å²) in [7, 11) is 0. The molecule has 0 spiro atoms. The molecule has 9 nitrogen and oxygen atoms in total. The molecule has 2 heterocycles. The zero-order valence-electron chi connectivity index (χ0n) is 13.9. The van der Waals surface area contributed by atoms with Crippen LogP contribution in [0.3, 0.4) is 0 Å². The normalized spacial score (nSPS) is 28.1. The average Bonchev–Trinajstić information content (AvgIpc) is 2.71. The molecule has 0 aromatic heterocycles. The molecule has 2 fully saturated rings. The molecule has 2 rings (SSSR count). The third-order valence-electron chi connectivity index (χ3n) is 4.45. The van der Waals surface area contributed by atoms with Gasteiger partial charge < -0.3 is 15.3 Å². The first-order chi connectivity index (χ1) is 10.9. The van der Waals surface area contributed by atoms with Crippen LogP contribution >= 0.6 is 11.8 Å². The summed E-state index contributed by atoms with van der Waals surface area (Å²) in [6.07, 6.45) is -0.0155. The Morgan fingerprint density at radius 3 is 2.54 bits per heavy atom. The number of aliphatic carboxylic acids is 1. The Bertz CT molecular complexity index is 605. The van der Waals surface area contributed by atoms with Crippen molar-refractivity contribution in [1.29, 1.82) is 0 Å². The molecule has 0 aromatic carbocycles. The summed E-state index contributed by atoms with van der Waals surface area (Å²) >= 11 is 1.34. The molecule has 24 heavy (non-hydrogen) atoms. The van der Waals surface area contributed by atoms with E-state index in [1.165, 1.54) is 30.5 Å². The predicted molar refractivity (Wildman–Crippen MR) is 86.0 cm³/mol. The second kappa shape index (κ2) is 5.91. The van der Waals surface area contributed by atoms with Crippen LogP contribution in [0, 0.1) is 10.1 Å². The molecule has 0 radical (unpaired) electrons. The number of hydrogen-bond donors (Lipinski definition) is 2. The van der Waals surface area contributed by atoms with Gasteiger partial charge in [-0.05, 0) is 13.8 Å². The van der Waals surface area contributed by atoms with Crippen LogP contribution in [0.5, 0.6) is 0 Å². The van der Waals surface area contributed by atoms with Gasteiger partial charge in [0.05, 0.1) is 0 Å². The van der Waals surface area contributed by atoms with Crippen LogP contribution in [0.25, 0.3) is 0 Å². The Morgan fingerprint density at radius 1 is 1.46 bits per heavy atom. The van der Waals surface area contributed by atoms with Gasteiger partial charge in [-0.15, -0.1) is 11.8 Å². The second-order valence-corrected chi connectivity index (χ2v) is 8.98. The van der Waals surface area contributed by atoms with Crippen molar-refractivity contribution in [1.82, 2.24) is 10.2 Å². The van der Waals surface area contributed by atoms with E-state index in [1.54, 1.807) is 13.8 Å². The van der Waals surface area contributed by atoms with E-state index in [4.69, 9.17) is 0 Å². The van der Waals surface area contributed by atoms with E-state index in [0.717, 1.165) is 0 Å². The van der Waals surface area contributed by atoms with Crippen molar-refractivity contribution in [2.24, 2.45) is 0 Å². The smallest absolute Gasteiger partial charge is 0.327 e. The van der Waals surface area contributed by atoms with Gasteiger partial charge in [-0.1, -0.05) is 0 Å². The Labute approximate surface area is 143 Å². The minimum absolute atomic E-state index is 0.0531. The van der Waals surface area contributed by atoms with E-state index < -0.39 is 50.5 Å². The number of carboxylic acid groups (broad SMARTS) is 1. The number of nitrogens with one attached hydrogen (secondary N) is 1. The molecule has 2 saturated heterocycles. The van der Waals surface area contributed by atoms with Crippen molar-refractivity contribution in [3.05, 3.63) is 10.1 Å². The average molecular weight is 359 g/mol. The standard InChI is InChI=1S/C14H21N3O6S/c1-13(2,17(22)23)6-5-7(18)15-8-10(19)16-9(12(20)21)14(3,4)24-11(8)16/h8-9,11H,5-6H2,1-4H3,(H,15,18)(H,20,21)/t8?,9-,11+/m0/s1. The number of amides is 2. The molecular formula is C14H21N3O6S. The lowest BCUT2D eigenvalue weighted by Crippen LogP contribution is -2.70. The van der Waals surface area contributed by atoms with Crippen LogP contribution in [0.1, 0.15) is 40.5 Å². The number of nitrogens with zero attached hydrogens (tertiary/aromatic N) is 2. The van der Waals surface area contributed by atoms with E-state index >= 15 is 0 Å². The maximum atomic E-state index is 12.2. The molecular weight excluding hydrogens is 338 g/mol. The van der Waals surface area contributed by atoms with Gasteiger partial charge in [0.2, 0.25) is 17.4 Å². The van der Waals surface area contributed by atoms with Gasteiger partial charge >= 0.3 is 5.97 Å². The lowest BCUT2D eigenvalue weighted by molar-refractivity contribution is -0.561. The fourth-order valence-electron chi connectivity index (χ4n) is 2.90. The van der Waals surface area contributed by atoms with Crippen molar-refractivity contribution < 1.29 is 24.4 Å². The van der Waals surface area contributed by atoms with Crippen LogP contribution in [0.4, 0.5) is 0 Å². The minimum atomic E-state index is -1.22. The summed E-state index contributed by atoms with van der Waals surface area (Å²) in [5.74, 6) is -1.94. The molecule has 10 heteroatoms. The summed E-state index contributed by atoms with van der Waals surface area (Å²) in [6, 6.07) is -1.70. The van der Waals surface area contributed by atoms with Crippen molar-refractivity contribution in [3.8, 4) is 0 Å². The predicted octanol–water partition coefficient (Wildman–Crippen LogP) is 0.454. The van der Waals surface area contributed by atoms with Crippen LogP contribution in [0.15, 0.2) is 0 Å². The highest BCUT2D eigenvalue weighted by atomic mass is 32.2. The van der Waals surface area contributed by atoms with E-state index in [0.29, 0.717) is 0 Å². The Morgan fingerprint density at radius 2 is 2.04 bits per heavy atom. The maximum Gasteiger partial charge on any atom is 0.327 e. The monoisotopic (exact) mass is 359 g/mol. The van der Waals surface area contributed by atoms with Crippen molar-refractivity contribution >= 4 is 29.5 Å². The maximum absolute atomic E-state index is 12.2. The van der Waals surface area contributed by atoms with E-state index in [1.807, 2.05) is 0 Å². The molecule has 1 unspecified atom stereocenters. The van der Waals surface area contributed by atoms with Gasteiger partial charge in [0, 0.05) is 36.4 Å². The van der Waals surface area contributed by atoms with E-state index in [-0.39, 0.29) is 12.8 Å². The number of hydrogen-bond acceptors (Lipinski definition) is 6. The van der Waals surface area contributed by atoms with Gasteiger partial charge in [0.1, 0.15) is 17.5 Å². The Kier molecular flexibility index (Phi) is 4.55. The first-order valence-electron chi connectivity index (χ1n) is 7.55. The molecule has 134 valence electrons. The third-order valence-corrected chi connectivity index (χ3v) is 6.02. The summed E-state index contributed by atoms with van der Waals surface area (Å²) in [5.41, 5.74) is -1.22. The number of thioether (sulfide) groups is 1. The number of carbonyl (C=O) groups is 3. The van der Waals surface area contributed by atoms with Crippen LogP contribution < -0.4 is 5.32 Å². The van der Waals surface area contributed by atoms with E-state index in [9.17, 15) is 29.6 Å². The van der Waals surface area contributed by atoms with Crippen molar-refractivity contribution in [2.75, 3.05) is 0 Å². The quantitative estimate of drug-likeness (QED) is 0.400. The number of rotatable bonds is 6. The minimum Gasteiger partial charge on any atom is -0.480 e. The van der Waals surface area contributed by atoms with Crippen LogP contribution in [0.2, 0.25) is 0 Å². The lowest BCUT2D eigenvalue weighted by Gasteiger charge is -2.43. The SMILES string of the molecule is CC1(C)S[C@@H]2C(NC(=O)CCC(C)(C)[N+](=O)[O-])C(=O)N2[C@H]1C(=O)O. The Hall–Kier alpha value is -1.84. The molecule has 3 atom stereocenters. The van der Waals surface area contributed by atoms with Gasteiger partial charge in [0.15, 0.2) is 0 Å². The van der Waals surface area contributed by atoms with Gasteiger partial charge in [0.25, 0.3) is 0 Å². The highest BCUT2D eigenvalue weighted by molar-refractivity contribution is 8.01. The summed E-state index contributed by atoms with van der Waals surface area (Å²) in [6.45, 7) is 6.37. The van der Waals surface area contributed by atoms with Crippen LogP contribution in [-0.4, -0.2) is 60.5 Å². The molecule has 2 aliphatic heterocycles. The fourth-order valence-corrected chi connectivity index (χ4v) is 4.53. The number of nitro groups is 1. The summed E-state index contributed by atoms with van der Waals surface area (Å²) in [5, 5.41) is 22.3. The first kappa shape index (κ1) is 18.5. The number of β-lactam (4-membered cyclic amide) rings is 1. The topological polar surface area (TPSA) is 130 Å². The first-order valence-corrected chi connectivity index (χ1v) is 8.43.